The molecule has 6 heteroatoms. The molecule has 2 fully saturated rings. The predicted octanol–water partition coefficient (Wildman–Crippen LogP) is 1.17. The van der Waals surface area contributed by atoms with Crippen molar-refractivity contribution in [1.29, 1.82) is 0 Å². The van der Waals surface area contributed by atoms with E-state index in [1.54, 1.807) is 0 Å². The summed E-state index contributed by atoms with van der Waals surface area (Å²) in [5.74, 6) is -1.79. The second kappa shape index (κ2) is 6.13. The summed E-state index contributed by atoms with van der Waals surface area (Å²) >= 11 is 0. The van der Waals surface area contributed by atoms with Crippen molar-refractivity contribution in [3.63, 3.8) is 0 Å². The third-order valence-electron chi connectivity index (χ3n) is 3.45. The number of hydrogen-bond acceptors (Lipinski definition) is 4. The number of rotatable bonds is 3. The number of aliphatic carboxylic acids is 1. The van der Waals surface area contributed by atoms with Crippen LogP contribution in [-0.2, 0) is 14.3 Å². The van der Waals surface area contributed by atoms with E-state index in [-0.39, 0.29) is 23.0 Å². The van der Waals surface area contributed by atoms with E-state index in [9.17, 15) is 9.90 Å². The Morgan fingerprint density at radius 2 is 2.12 bits per heavy atom. The molecule has 0 aromatic rings. The molecule has 1 spiro atoms. The van der Waals surface area contributed by atoms with Crippen LogP contribution in [-0.4, -0.2) is 42.7 Å². The first-order valence-corrected chi connectivity index (χ1v) is 5.91. The van der Waals surface area contributed by atoms with E-state index in [2.05, 4.69) is 5.32 Å². The Morgan fingerprint density at radius 1 is 1.47 bits per heavy atom. The van der Waals surface area contributed by atoms with E-state index in [1.165, 1.54) is 0 Å². The first kappa shape index (κ1) is 14.9. The Labute approximate surface area is 112 Å². The van der Waals surface area contributed by atoms with Crippen LogP contribution in [0.15, 0.2) is 0 Å². The fraction of sp³-hybridized carbons (Fsp3) is 0.909. The second-order valence-corrected chi connectivity index (χ2v) is 4.46. The molecule has 17 heavy (non-hydrogen) atoms. The van der Waals surface area contributed by atoms with Crippen molar-refractivity contribution in [3.8, 4) is 0 Å². The largest absolute Gasteiger partial charge is 0.481 e. The van der Waals surface area contributed by atoms with E-state index >= 15 is 0 Å². The lowest BCUT2D eigenvalue weighted by Crippen LogP contribution is -2.50. The topological polar surface area (TPSA) is 67.8 Å². The van der Waals surface area contributed by atoms with E-state index in [1.807, 2.05) is 6.92 Å². The van der Waals surface area contributed by atoms with Crippen LogP contribution in [0.25, 0.3) is 0 Å². The highest BCUT2D eigenvalue weighted by atomic mass is 79.9. The average Bonchev–Trinajstić information content (AvgIpc) is 2.70. The van der Waals surface area contributed by atoms with Crippen molar-refractivity contribution in [2.45, 2.75) is 38.0 Å². The molecule has 0 radical (unpaired) electrons. The van der Waals surface area contributed by atoms with Gasteiger partial charge in [0, 0.05) is 18.9 Å². The highest BCUT2D eigenvalue weighted by Crippen LogP contribution is 2.38. The molecule has 0 bridgehead atoms. The molecule has 1 saturated heterocycles. The van der Waals surface area contributed by atoms with Crippen LogP contribution in [0.4, 0.5) is 0 Å². The molecule has 2 aliphatic rings. The average molecular weight is 310 g/mol. The van der Waals surface area contributed by atoms with Crippen LogP contribution in [0, 0.1) is 5.92 Å². The molecule has 1 saturated carbocycles. The molecule has 0 aromatic carbocycles. The van der Waals surface area contributed by atoms with Crippen LogP contribution in [0.3, 0.4) is 0 Å². The highest BCUT2D eigenvalue weighted by molar-refractivity contribution is 8.93. The van der Waals surface area contributed by atoms with Crippen molar-refractivity contribution in [3.05, 3.63) is 0 Å². The van der Waals surface area contributed by atoms with Gasteiger partial charge in [0.1, 0.15) is 0 Å². The molecular weight excluding hydrogens is 290 g/mol. The minimum atomic E-state index is -0.760. The molecule has 2 atom stereocenters. The molecule has 0 unspecified atom stereocenters. The summed E-state index contributed by atoms with van der Waals surface area (Å²) in [6.07, 6.45) is 2.04. The van der Waals surface area contributed by atoms with Crippen molar-refractivity contribution in [2.24, 2.45) is 5.92 Å². The molecular formula is C11H20BrNO4. The molecule has 1 aliphatic carbocycles. The molecule has 0 amide bonds. The van der Waals surface area contributed by atoms with Gasteiger partial charge < -0.3 is 19.9 Å². The van der Waals surface area contributed by atoms with E-state index in [4.69, 9.17) is 9.47 Å². The summed E-state index contributed by atoms with van der Waals surface area (Å²) in [5.41, 5.74) is 0. The molecule has 5 nitrogen and oxygen atoms in total. The van der Waals surface area contributed by atoms with Crippen molar-refractivity contribution >= 4 is 23.0 Å². The maximum atomic E-state index is 11.2. The monoisotopic (exact) mass is 309 g/mol. The number of ether oxygens (including phenoxy) is 2. The fourth-order valence-corrected chi connectivity index (χ4v) is 2.68. The number of halogens is 1. The number of carboxylic acids is 1. The lowest BCUT2D eigenvalue weighted by atomic mass is 9.80. The third-order valence-corrected chi connectivity index (χ3v) is 3.45. The lowest BCUT2D eigenvalue weighted by Gasteiger charge is -2.39. The van der Waals surface area contributed by atoms with E-state index in [0.717, 1.165) is 19.4 Å². The zero-order valence-electron chi connectivity index (χ0n) is 9.98. The summed E-state index contributed by atoms with van der Waals surface area (Å²) in [6, 6.07) is 0.0425. The van der Waals surface area contributed by atoms with Gasteiger partial charge in [-0.25, -0.2) is 0 Å². The van der Waals surface area contributed by atoms with E-state index in [0.29, 0.717) is 19.6 Å². The molecule has 1 aliphatic heterocycles. The summed E-state index contributed by atoms with van der Waals surface area (Å²) < 4.78 is 11.1. The van der Waals surface area contributed by atoms with Gasteiger partial charge in [-0.1, -0.05) is 6.92 Å². The smallest absolute Gasteiger partial charge is 0.308 e. The molecule has 0 aromatic heterocycles. The first-order valence-electron chi connectivity index (χ1n) is 5.91. The van der Waals surface area contributed by atoms with E-state index < -0.39 is 17.7 Å². The van der Waals surface area contributed by atoms with Gasteiger partial charge in [-0.15, -0.1) is 17.0 Å². The van der Waals surface area contributed by atoms with Crippen molar-refractivity contribution < 1.29 is 19.4 Å². The summed E-state index contributed by atoms with van der Waals surface area (Å²) in [4.78, 5) is 11.2. The first-order chi connectivity index (χ1) is 7.67. The van der Waals surface area contributed by atoms with Crippen LogP contribution in [0.5, 0.6) is 0 Å². The maximum Gasteiger partial charge on any atom is 0.308 e. The third kappa shape index (κ3) is 3.19. The fourth-order valence-electron chi connectivity index (χ4n) is 2.68. The highest BCUT2D eigenvalue weighted by Gasteiger charge is 2.47. The minimum Gasteiger partial charge on any atom is -0.481 e. The predicted molar refractivity (Wildman–Crippen MR) is 67.4 cm³/mol. The second-order valence-electron chi connectivity index (χ2n) is 4.46. The Bertz CT molecular complexity index is 268. The Morgan fingerprint density at radius 3 is 2.65 bits per heavy atom. The summed E-state index contributed by atoms with van der Waals surface area (Å²) in [6.45, 7) is 3.95. The van der Waals surface area contributed by atoms with Crippen LogP contribution in [0.2, 0.25) is 0 Å². The normalized spacial score (nSPS) is 31.1. The van der Waals surface area contributed by atoms with Crippen molar-refractivity contribution in [2.75, 3.05) is 19.8 Å². The van der Waals surface area contributed by atoms with Crippen LogP contribution >= 0.6 is 17.0 Å². The quantitative estimate of drug-likeness (QED) is 0.819. The Kier molecular flexibility index (Phi) is 5.37. The molecule has 1 heterocycles. The summed E-state index contributed by atoms with van der Waals surface area (Å²) in [7, 11) is 0. The lowest BCUT2D eigenvalue weighted by molar-refractivity contribution is -0.197. The van der Waals surface area contributed by atoms with Gasteiger partial charge in [-0.05, 0) is 13.0 Å². The van der Waals surface area contributed by atoms with Crippen LogP contribution in [0.1, 0.15) is 26.2 Å². The van der Waals surface area contributed by atoms with Gasteiger partial charge in [-0.2, -0.15) is 0 Å². The molecule has 2 N–H and O–H groups in total. The number of carboxylic acid groups (broad SMARTS) is 1. The molecule has 100 valence electrons. The van der Waals surface area contributed by atoms with Gasteiger partial charge in [0.2, 0.25) is 0 Å². The van der Waals surface area contributed by atoms with Gasteiger partial charge in [-0.3, -0.25) is 4.79 Å². The van der Waals surface area contributed by atoms with Gasteiger partial charge in [0.25, 0.3) is 0 Å². The Hall–Kier alpha value is -0.170. The number of carbonyl (C=O) groups is 1. The van der Waals surface area contributed by atoms with Gasteiger partial charge in [0.05, 0.1) is 19.1 Å². The Balaban J connectivity index is 0.00000144. The van der Waals surface area contributed by atoms with Crippen molar-refractivity contribution in [1.82, 2.24) is 5.32 Å². The SMILES string of the molecule is Br.CCN[C@@H]1CCC2(C[C@@H]1C(=O)O)OCCO2. The standard InChI is InChI=1S/C11H19NO4.BrH/c1-2-12-9-3-4-11(15-5-6-16-11)7-8(9)10(13)14;/h8-9,12H,2-7H2,1H3,(H,13,14);1H/t8-,9+;/m0./s1. The zero-order valence-corrected chi connectivity index (χ0v) is 11.7. The summed E-state index contributed by atoms with van der Waals surface area (Å²) in [5, 5.41) is 12.5. The molecule has 2 rings (SSSR count). The number of nitrogens with one attached hydrogen (secondary N) is 1. The van der Waals surface area contributed by atoms with Crippen LogP contribution < -0.4 is 5.32 Å². The number of hydrogen-bond donors (Lipinski definition) is 2. The minimum absolute atomic E-state index is 0. The zero-order chi connectivity index (χ0) is 11.6. The van der Waals surface area contributed by atoms with Gasteiger partial charge in [0.15, 0.2) is 5.79 Å². The van der Waals surface area contributed by atoms with Gasteiger partial charge >= 0.3 is 5.97 Å². The maximum absolute atomic E-state index is 11.2.